The van der Waals surface area contributed by atoms with Gasteiger partial charge in [-0.1, -0.05) is 154 Å². The molecule has 0 N–H and O–H groups in total. The Morgan fingerprint density at radius 1 is 0.380 bits per heavy atom. The molecule has 0 unspecified atom stereocenters. The van der Waals surface area contributed by atoms with Crippen molar-refractivity contribution in [3.05, 3.63) is 24.3 Å². The molecule has 0 amide bonds. The number of esters is 3. The smallest absolute Gasteiger partial charge is 0.306 e. The lowest BCUT2D eigenvalue weighted by Gasteiger charge is -2.18. The molecule has 0 rings (SSSR count). The Labute approximate surface area is 309 Å². The number of hydrogen-bond donors (Lipinski definition) is 0. The summed E-state index contributed by atoms with van der Waals surface area (Å²) in [6.45, 7) is 6.37. The van der Waals surface area contributed by atoms with Crippen LogP contribution in [0.1, 0.15) is 220 Å². The Kier molecular flexibility index (Phi) is 38.0. The Morgan fingerprint density at radius 3 is 1.04 bits per heavy atom. The molecule has 0 aliphatic carbocycles. The Hall–Kier alpha value is -2.11. The standard InChI is InChI=1S/C44H80O6/c1-4-7-10-12-14-16-18-20-22-24-26-28-30-32-34-37-42(45)48-39-41(50-44(47)36-9-6-3)40-49-43(46)38-35-33-31-29-27-25-23-21-19-17-15-13-11-8-5-2/h20-23,41H,4-19,24-40H2,1-3H3/b22-20-,23-21-. The molecule has 0 saturated carbocycles. The van der Waals surface area contributed by atoms with Crippen LogP contribution in [0.25, 0.3) is 0 Å². The highest BCUT2D eigenvalue weighted by molar-refractivity contribution is 5.71. The lowest BCUT2D eigenvalue weighted by molar-refractivity contribution is -0.167. The number of unbranched alkanes of at least 4 members (excludes halogenated alkanes) is 23. The third-order valence-electron chi connectivity index (χ3n) is 9.18. The van der Waals surface area contributed by atoms with Crippen molar-refractivity contribution in [1.82, 2.24) is 0 Å². The second kappa shape index (κ2) is 39.7. The van der Waals surface area contributed by atoms with Gasteiger partial charge in [0.25, 0.3) is 0 Å². The normalized spacial score (nSPS) is 11.6. The number of carbonyl (C=O) groups is 3. The highest BCUT2D eigenvalue weighted by atomic mass is 16.6. The molecule has 0 spiro atoms. The van der Waals surface area contributed by atoms with Crippen LogP contribution in [0.15, 0.2) is 24.3 Å². The second-order valence-corrected chi connectivity index (χ2v) is 14.3. The topological polar surface area (TPSA) is 78.9 Å². The molecule has 0 radical (unpaired) electrons. The summed E-state index contributed by atoms with van der Waals surface area (Å²) < 4.78 is 16.4. The van der Waals surface area contributed by atoms with Gasteiger partial charge in [-0.2, -0.15) is 0 Å². The van der Waals surface area contributed by atoms with Gasteiger partial charge in [0.2, 0.25) is 0 Å². The molecule has 0 saturated heterocycles. The van der Waals surface area contributed by atoms with E-state index in [0.29, 0.717) is 19.3 Å². The Morgan fingerprint density at radius 2 is 0.680 bits per heavy atom. The molecule has 0 aromatic carbocycles. The third kappa shape index (κ3) is 37.2. The van der Waals surface area contributed by atoms with Gasteiger partial charge < -0.3 is 14.2 Å². The van der Waals surface area contributed by atoms with E-state index in [1.807, 2.05) is 6.92 Å². The molecule has 50 heavy (non-hydrogen) atoms. The van der Waals surface area contributed by atoms with Crippen LogP contribution >= 0.6 is 0 Å². The van der Waals surface area contributed by atoms with Crippen LogP contribution in [0.4, 0.5) is 0 Å². The minimum absolute atomic E-state index is 0.0809. The molecule has 0 fully saturated rings. The lowest BCUT2D eigenvalue weighted by Crippen LogP contribution is -2.30. The van der Waals surface area contributed by atoms with Crippen LogP contribution in [0.5, 0.6) is 0 Å². The van der Waals surface area contributed by atoms with E-state index in [9.17, 15) is 14.4 Å². The average Bonchev–Trinajstić information content (AvgIpc) is 3.11. The van der Waals surface area contributed by atoms with Gasteiger partial charge in [-0.15, -0.1) is 0 Å². The first-order valence-corrected chi connectivity index (χ1v) is 21.3. The summed E-state index contributed by atoms with van der Waals surface area (Å²) in [6.07, 6.45) is 42.6. The molecule has 292 valence electrons. The van der Waals surface area contributed by atoms with Crippen LogP contribution < -0.4 is 0 Å². The lowest BCUT2D eigenvalue weighted by atomic mass is 10.1. The van der Waals surface area contributed by atoms with Gasteiger partial charge in [0.1, 0.15) is 13.2 Å². The minimum Gasteiger partial charge on any atom is -0.462 e. The molecular weight excluding hydrogens is 624 g/mol. The van der Waals surface area contributed by atoms with E-state index in [1.54, 1.807) is 0 Å². The van der Waals surface area contributed by atoms with E-state index in [2.05, 4.69) is 38.2 Å². The van der Waals surface area contributed by atoms with Crippen LogP contribution in [0.3, 0.4) is 0 Å². The maximum atomic E-state index is 12.4. The summed E-state index contributed by atoms with van der Waals surface area (Å²) in [5, 5.41) is 0. The zero-order valence-electron chi connectivity index (χ0n) is 33.2. The van der Waals surface area contributed by atoms with E-state index in [1.165, 1.54) is 116 Å². The van der Waals surface area contributed by atoms with Gasteiger partial charge in [-0.05, 0) is 70.6 Å². The molecule has 0 heterocycles. The maximum absolute atomic E-state index is 12.4. The van der Waals surface area contributed by atoms with Crippen molar-refractivity contribution in [3.63, 3.8) is 0 Å². The van der Waals surface area contributed by atoms with Crippen molar-refractivity contribution in [3.8, 4) is 0 Å². The zero-order valence-corrected chi connectivity index (χ0v) is 33.2. The quantitative estimate of drug-likeness (QED) is 0.0275. The van der Waals surface area contributed by atoms with E-state index >= 15 is 0 Å². The van der Waals surface area contributed by atoms with Crippen molar-refractivity contribution in [2.45, 2.75) is 226 Å². The van der Waals surface area contributed by atoms with Crippen molar-refractivity contribution < 1.29 is 28.6 Å². The predicted molar refractivity (Wildman–Crippen MR) is 210 cm³/mol. The summed E-state index contributed by atoms with van der Waals surface area (Å²) in [4.78, 5) is 37.0. The molecular formula is C44H80O6. The first-order chi connectivity index (χ1) is 24.5. The number of ether oxygens (including phenoxy) is 3. The molecule has 6 heteroatoms. The van der Waals surface area contributed by atoms with Crippen LogP contribution in [-0.2, 0) is 28.6 Å². The highest BCUT2D eigenvalue weighted by Crippen LogP contribution is 2.13. The third-order valence-corrected chi connectivity index (χ3v) is 9.18. The molecule has 0 aliphatic heterocycles. The van der Waals surface area contributed by atoms with Crippen LogP contribution in [0.2, 0.25) is 0 Å². The molecule has 0 aliphatic rings. The summed E-state index contributed by atoms with van der Waals surface area (Å²) in [6, 6.07) is 0. The number of hydrogen-bond acceptors (Lipinski definition) is 6. The van der Waals surface area contributed by atoms with E-state index < -0.39 is 6.10 Å². The van der Waals surface area contributed by atoms with Gasteiger partial charge in [0, 0.05) is 19.3 Å². The average molecular weight is 705 g/mol. The van der Waals surface area contributed by atoms with Crippen LogP contribution in [-0.4, -0.2) is 37.2 Å². The fraction of sp³-hybridized carbons (Fsp3) is 0.841. The second-order valence-electron chi connectivity index (χ2n) is 14.3. The number of rotatable bonds is 38. The molecule has 0 atom stereocenters. The summed E-state index contributed by atoms with van der Waals surface area (Å²) in [7, 11) is 0. The number of allylic oxidation sites excluding steroid dienone is 4. The monoisotopic (exact) mass is 705 g/mol. The maximum Gasteiger partial charge on any atom is 0.306 e. The summed E-state index contributed by atoms with van der Waals surface area (Å²) in [5.74, 6) is -0.938. The van der Waals surface area contributed by atoms with Crippen LogP contribution in [0, 0.1) is 0 Å². The summed E-state index contributed by atoms with van der Waals surface area (Å²) in [5.41, 5.74) is 0. The van der Waals surface area contributed by atoms with Crippen molar-refractivity contribution in [2.75, 3.05) is 13.2 Å². The molecule has 6 nitrogen and oxygen atoms in total. The Balaban J connectivity index is 4.02. The zero-order chi connectivity index (χ0) is 36.6. The van der Waals surface area contributed by atoms with Gasteiger partial charge in [0.15, 0.2) is 6.10 Å². The summed E-state index contributed by atoms with van der Waals surface area (Å²) >= 11 is 0. The fourth-order valence-electron chi connectivity index (χ4n) is 5.88. The van der Waals surface area contributed by atoms with E-state index in [4.69, 9.17) is 14.2 Å². The first kappa shape index (κ1) is 47.9. The fourth-order valence-corrected chi connectivity index (χ4v) is 5.88. The van der Waals surface area contributed by atoms with E-state index in [0.717, 1.165) is 64.2 Å². The SMILES string of the molecule is CCCCCCCC/C=C\CCCCCCCC(=O)OCC(COC(=O)CCCCCCC/C=C\CCCCCCCC)OC(=O)CCCC. The van der Waals surface area contributed by atoms with Gasteiger partial charge >= 0.3 is 17.9 Å². The molecule has 0 aromatic heterocycles. The first-order valence-electron chi connectivity index (χ1n) is 21.3. The highest BCUT2D eigenvalue weighted by Gasteiger charge is 2.19. The van der Waals surface area contributed by atoms with Crippen molar-refractivity contribution in [2.24, 2.45) is 0 Å². The van der Waals surface area contributed by atoms with E-state index in [-0.39, 0.29) is 31.1 Å². The largest absolute Gasteiger partial charge is 0.462 e. The number of carbonyl (C=O) groups excluding carboxylic acids is 3. The van der Waals surface area contributed by atoms with Crippen molar-refractivity contribution >= 4 is 17.9 Å². The molecule has 0 bridgehead atoms. The van der Waals surface area contributed by atoms with Gasteiger partial charge in [-0.25, -0.2) is 0 Å². The predicted octanol–water partition coefficient (Wildman–Crippen LogP) is 13.2. The van der Waals surface area contributed by atoms with Gasteiger partial charge in [0.05, 0.1) is 0 Å². The van der Waals surface area contributed by atoms with Gasteiger partial charge in [-0.3, -0.25) is 14.4 Å². The Bertz CT molecular complexity index is 763. The van der Waals surface area contributed by atoms with Crippen molar-refractivity contribution in [1.29, 1.82) is 0 Å². The minimum atomic E-state index is -0.768. The molecule has 0 aromatic rings.